The topological polar surface area (TPSA) is 54.3 Å². The molecule has 0 unspecified atom stereocenters. The van der Waals surface area contributed by atoms with Gasteiger partial charge in [-0.2, -0.15) is 0 Å². The highest BCUT2D eigenvalue weighted by Crippen LogP contribution is 2.28. The van der Waals surface area contributed by atoms with Crippen molar-refractivity contribution in [1.29, 1.82) is 0 Å². The predicted octanol–water partition coefficient (Wildman–Crippen LogP) is 5.11. The third-order valence-electron chi connectivity index (χ3n) is 6.24. The first-order valence-electron chi connectivity index (χ1n) is 11.7. The van der Waals surface area contributed by atoms with Gasteiger partial charge in [0.25, 0.3) is 5.91 Å². The summed E-state index contributed by atoms with van der Waals surface area (Å²) in [6.07, 6.45) is 0. The van der Waals surface area contributed by atoms with E-state index in [0.29, 0.717) is 54.2 Å². The number of halogens is 2. The van der Waals surface area contributed by atoms with E-state index >= 15 is 0 Å². The van der Waals surface area contributed by atoms with Gasteiger partial charge in [0, 0.05) is 43.2 Å². The van der Waals surface area contributed by atoms with Gasteiger partial charge >= 0.3 is 0 Å². The molecule has 184 valence electrons. The second-order valence-corrected chi connectivity index (χ2v) is 9.46. The minimum absolute atomic E-state index is 0.0319. The number of benzene rings is 3. The molecule has 1 fully saturated rings. The minimum atomic E-state index is -0.305. The Morgan fingerprint density at radius 2 is 1.58 bits per heavy atom. The minimum Gasteiger partial charge on any atom is -0.366 e. The van der Waals surface area contributed by atoms with Crippen LogP contribution in [-0.2, 0) is 5.75 Å². The van der Waals surface area contributed by atoms with Crippen LogP contribution in [0.25, 0.3) is 5.69 Å². The number of para-hydroxylation sites is 1. The van der Waals surface area contributed by atoms with E-state index in [2.05, 4.69) is 10.2 Å². The summed E-state index contributed by atoms with van der Waals surface area (Å²) in [5.74, 6) is 0.636. The van der Waals surface area contributed by atoms with Crippen molar-refractivity contribution in [2.75, 3.05) is 31.1 Å². The van der Waals surface area contributed by atoms with Gasteiger partial charge in [-0.25, -0.2) is 8.78 Å². The first-order chi connectivity index (χ1) is 17.5. The highest BCUT2D eigenvalue weighted by atomic mass is 32.2. The zero-order valence-corrected chi connectivity index (χ0v) is 20.6. The fourth-order valence-corrected chi connectivity index (χ4v) is 5.35. The third kappa shape index (κ3) is 4.97. The van der Waals surface area contributed by atoms with Crippen LogP contribution in [0.3, 0.4) is 0 Å². The number of aryl methyl sites for hydroxylation is 1. The lowest BCUT2D eigenvalue weighted by atomic mass is 10.1. The molecular weight excluding hydrogens is 480 g/mol. The molecule has 4 aromatic rings. The molecule has 6 nitrogen and oxygen atoms in total. The molecule has 1 amide bonds. The second-order valence-electron chi connectivity index (χ2n) is 8.52. The number of piperazine rings is 1. The number of aromatic nitrogens is 3. The molecule has 0 bridgehead atoms. The Morgan fingerprint density at radius 3 is 2.33 bits per heavy atom. The van der Waals surface area contributed by atoms with Crippen LogP contribution >= 0.6 is 11.8 Å². The van der Waals surface area contributed by atoms with E-state index in [1.54, 1.807) is 24.3 Å². The molecule has 5 rings (SSSR count). The standard InChI is InChI=1S/C27H25F2N5OS/c1-19-30-31-27(34(19)22-12-10-21(28)11-13-22)36-18-20-6-2-3-7-23(20)26(35)33-16-14-32(15-17-33)25-9-5-4-8-24(25)29/h2-13H,14-18H2,1H3. The maximum atomic E-state index is 14.2. The lowest BCUT2D eigenvalue weighted by molar-refractivity contribution is 0.0746. The van der Waals surface area contributed by atoms with Crippen molar-refractivity contribution in [3.8, 4) is 5.69 Å². The van der Waals surface area contributed by atoms with E-state index < -0.39 is 0 Å². The number of nitrogens with zero attached hydrogens (tertiary/aromatic N) is 5. The van der Waals surface area contributed by atoms with Gasteiger partial charge in [-0.3, -0.25) is 9.36 Å². The summed E-state index contributed by atoms with van der Waals surface area (Å²) < 4.78 is 29.4. The summed E-state index contributed by atoms with van der Waals surface area (Å²) in [6.45, 7) is 4.03. The van der Waals surface area contributed by atoms with Gasteiger partial charge in [-0.1, -0.05) is 42.1 Å². The van der Waals surface area contributed by atoms with Crippen LogP contribution < -0.4 is 4.90 Å². The van der Waals surface area contributed by atoms with Gasteiger partial charge in [0.05, 0.1) is 5.69 Å². The Morgan fingerprint density at radius 1 is 0.889 bits per heavy atom. The van der Waals surface area contributed by atoms with E-state index in [1.807, 2.05) is 51.6 Å². The first-order valence-corrected chi connectivity index (χ1v) is 12.7. The molecule has 0 aliphatic carbocycles. The van der Waals surface area contributed by atoms with Gasteiger partial charge in [-0.15, -0.1) is 10.2 Å². The molecule has 1 saturated heterocycles. The van der Waals surface area contributed by atoms with Crippen molar-refractivity contribution in [2.24, 2.45) is 0 Å². The Labute approximate surface area is 212 Å². The number of carbonyl (C=O) groups excluding carboxylic acids is 1. The number of amides is 1. The van der Waals surface area contributed by atoms with Crippen molar-refractivity contribution in [1.82, 2.24) is 19.7 Å². The predicted molar refractivity (Wildman–Crippen MR) is 137 cm³/mol. The van der Waals surface area contributed by atoms with Crippen LogP contribution in [0.4, 0.5) is 14.5 Å². The summed E-state index contributed by atoms with van der Waals surface area (Å²) in [6, 6.07) is 20.5. The van der Waals surface area contributed by atoms with Crippen LogP contribution in [0, 0.1) is 18.6 Å². The second kappa shape index (κ2) is 10.5. The quantitative estimate of drug-likeness (QED) is 0.341. The van der Waals surface area contributed by atoms with Crippen LogP contribution in [-0.4, -0.2) is 51.8 Å². The third-order valence-corrected chi connectivity index (χ3v) is 7.22. The molecule has 1 aliphatic rings. The Bertz CT molecular complexity index is 1370. The van der Waals surface area contributed by atoms with Crippen molar-refractivity contribution in [3.63, 3.8) is 0 Å². The van der Waals surface area contributed by atoms with E-state index in [4.69, 9.17) is 0 Å². The van der Waals surface area contributed by atoms with E-state index in [0.717, 1.165) is 11.3 Å². The molecule has 3 aromatic carbocycles. The van der Waals surface area contributed by atoms with Crippen LogP contribution in [0.15, 0.2) is 78.0 Å². The summed E-state index contributed by atoms with van der Waals surface area (Å²) in [7, 11) is 0. The Balaban J connectivity index is 1.28. The molecule has 36 heavy (non-hydrogen) atoms. The number of hydrogen-bond donors (Lipinski definition) is 0. The highest BCUT2D eigenvalue weighted by molar-refractivity contribution is 7.98. The van der Waals surface area contributed by atoms with Crippen LogP contribution in [0.2, 0.25) is 0 Å². The maximum Gasteiger partial charge on any atom is 0.254 e. The summed E-state index contributed by atoms with van der Waals surface area (Å²) >= 11 is 1.47. The van der Waals surface area contributed by atoms with Gasteiger partial charge in [0.2, 0.25) is 0 Å². The molecule has 1 aromatic heterocycles. The first kappa shape index (κ1) is 24.0. The molecular formula is C27H25F2N5OS. The normalized spacial score (nSPS) is 13.8. The fourth-order valence-electron chi connectivity index (χ4n) is 4.35. The molecule has 0 N–H and O–H groups in total. The molecule has 0 radical (unpaired) electrons. The smallest absolute Gasteiger partial charge is 0.254 e. The lowest BCUT2D eigenvalue weighted by Gasteiger charge is -2.36. The van der Waals surface area contributed by atoms with E-state index in [1.165, 1.54) is 30.0 Å². The van der Waals surface area contributed by atoms with Gasteiger partial charge < -0.3 is 9.80 Å². The van der Waals surface area contributed by atoms with Crippen molar-refractivity contribution in [3.05, 3.63) is 101 Å². The van der Waals surface area contributed by atoms with E-state index in [-0.39, 0.29) is 17.5 Å². The molecule has 0 spiro atoms. The SMILES string of the molecule is Cc1nnc(SCc2ccccc2C(=O)N2CCN(c3ccccc3F)CC2)n1-c1ccc(F)cc1. The molecule has 2 heterocycles. The Hall–Kier alpha value is -3.72. The highest BCUT2D eigenvalue weighted by Gasteiger charge is 2.25. The van der Waals surface area contributed by atoms with Crippen molar-refractivity contribution in [2.45, 2.75) is 17.8 Å². The van der Waals surface area contributed by atoms with Crippen LogP contribution in [0.5, 0.6) is 0 Å². The zero-order valence-electron chi connectivity index (χ0n) is 19.8. The fraction of sp³-hybridized carbons (Fsp3) is 0.222. The van der Waals surface area contributed by atoms with Crippen molar-refractivity contribution >= 4 is 23.4 Å². The molecule has 0 saturated carbocycles. The van der Waals surface area contributed by atoms with Crippen molar-refractivity contribution < 1.29 is 13.6 Å². The number of rotatable bonds is 6. The average Bonchev–Trinajstić information content (AvgIpc) is 3.28. The molecule has 0 atom stereocenters. The Kier molecular flexibility index (Phi) is 6.99. The maximum absolute atomic E-state index is 14.2. The zero-order chi connectivity index (χ0) is 25.1. The largest absolute Gasteiger partial charge is 0.366 e. The molecule has 9 heteroatoms. The van der Waals surface area contributed by atoms with Crippen LogP contribution in [0.1, 0.15) is 21.7 Å². The average molecular weight is 506 g/mol. The van der Waals surface area contributed by atoms with Gasteiger partial charge in [-0.05, 0) is 55.0 Å². The monoisotopic (exact) mass is 505 g/mol. The molecule has 1 aliphatic heterocycles. The lowest BCUT2D eigenvalue weighted by Crippen LogP contribution is -2.49. The number of carbonyl (C=O) groups is 1. The number of hydrogen-bond acceptors (Lipinski definition) is 5. The van der Waals surface area contributed by atoms with Gasteiger partial charge in [0.15, 0.2) is 5.16 Å². The number of thioether (sulfide) groups is 1. The summed E-state index contributed by atoms with van der Waals surface area (Å²) in [4.78, 5) is 17.2. The van der Waals surface area contributed by atoms with Gasteiger partial charge in [0.1, 0.15) is 17.5 Å². The van der Waals surface area contributed by atoms with E-state index in [9.17, 15) is 13.6 Å². The number of anilines is 1. The summed E-state index contributed by atoms with van der Waals surface area (Å²) in [5, 5.41) is 9.14. The summed E-state index contributed by atoms with van der Waals surface area (Å²) in [5.41, 5.74) is 2.89.